The molecular formula is C75H50. The monoisotopic (exact) mass is 950 g/mol. The van der Waals surface area contributed by atoms with E-state index in [1.165, 1.54) is 122 Å². The van der Waals surface area contributed by atoms with E-state index in [2.05, 4.69) is 303 Å². The first-order chi connectivity index (χ1) is 37.2. The lowest BCUT2D eigenvalue weighted by Crippen LogP contribution is -2.28. The third kappa shape index (κ3) is 6.06. The molecule has 75 heavy (non-hydrogen) atoms. The van der Waals surface area contributed by atoms with Crippen molar-refractivity contribution in [1.29, 1.82) is 0 Å². The zero-order chi connectivity index (χ0) is 49.6. The van der Waals surface area contributed by atoms with Gasteiger partial charge in [0.05, 0.1) is 16.2 Å². The second-order valence-electron chi connectivity index (χ2n) is 20.6. The number of rotatable bonds is 8. The maximum atomic E-state index is 2.44. The first-order valence-corrected chi connectivity index (χ1v) is 26.3. The third-order valence-corrected chi connectivity index (χ3v) is 17.2. The summed E-state index contributed by atoms with van der Waals surface area (Å²) in [7, 11) is 0. The smallest absolute Gasteiger partial charge is 0.0622 e. The van der Waals surface area contributed by atoms with Crippen molar-refractivity contribution in [3.63, 3.8) is 0 Å². The van der Waals surface area contributed by atoms with Crippen LogP contribution < -0.4 is 0 Å². The Morgan fingerprint density at radius 1 is 0.147 bits per heavy atom. The summed E-state index contributed by atoms with van der Waals surface area (Å²) < 4.78 is 0. The van der Waals surface area contributed by atoms with E-state index in [0.717, 1.165) is 0 Å². The summed E-state index contributed by atoms with van der Waals surface area (Å²) in [5, 5.41) is 0. The Balaban J connectivity index is 0.856. The molecule has 0 aliphatic heterocycles. The van der Waals surface area contributed by atoms with Crippen LogP contribution in [0.2, 0.25) is 0 Å². The lowest BCUT2D eigenvalue weighted by Gasteiger charge is -2.35. The van der Waals surface area contributed by atoms with Crippen LogP contribution >= 0.6 is 0 Å². The van der Waals surface area contributed by atoms with Crippen LogP contribution in [0.4, 0.5) is 0 Å². The maximum absolute atomic E-state index is 2.44. The van der Waals surface area contributed by atoms with Crippen LogP contribution in [0.5, 0.6) is 0 Å². The van der Waals surface area contributed by atoms with Crippen molar-refractivity contribution in [3.8, 4) is 55.6 Å². The molecule has 0 spiro atoms. The van der Waals surface area contributed by atoms with Crippen molar-refractivity contribution in [1.82, 2.24) is 0 Å². The molecule has 0 amide bonds. The molecule has 0 bridgehead atoms. The van der Waals surface area contributed by atoms with Crippen LogP contribution in [0.15, 0.2) is 303 Å². The van der Waals surface area contributed by atoms with E-state index < -0.39 is 16.2 Å². The molecule has 0 fully saturated rings. The highest BCUT2D eigenvalue weighted by Crippen LogP contribution is 2.59. The predicted molar refractivity (Wildman–Crippen MR) is 309 cm³/mol. The molecule has 0 atom stereocenters. The van der Waals surface area contributed by atoms with Gasteiger partial charge in [-0.3, -0.25) is 0 Å². The molecule has 12 aromatic rings. The Bertz CT molecular complexity index is 3800. The van der Waals surface area contributed by atoms with E-state index in [0.29, 0.717) is 0 Å². The number of benzene rings is 12. The Hall–Kier alpha value is -9.36. The van der Waals surface area contributed by atoms with E-state index in [1.807, 2.05) is 0 Å². The van der Waals surface area contributed by atoms with Gasteiger partial charge in [-0.2, -0.15) is 0 Å². The summed E-state index contributed by atoms with van der Waals surface area (Å²) in [6.45, 7) is 0. The Kier molecular flexibility index (Phi) is 9.72. The first-order valence-electron chi connectivity index (χ1n) is 26.3. The highest BCUT2D eigenvalue weighted by Gasteiger charge is 2.49. The summed E-state index contributed by atoms with van der Waals surface area (Å²) in [6, 6.07) is 114. The van der Waals surface area contributed by atoms with Crippen LogP contribution in [0.3, 0.4) is 0 Å². The fraction of sp³-hybridized carbons (Fsp3) is 0.0400. The summed E-state index contributed by atoms with van der Waals surface area (Å²) >= 11 is 0. The van der Waals surface area contributed by atoms with Crippen molar-refractivity contribution < 1.29 is 0 Å². The molecule has 0 heteroatoms. The molecule has 0 heterocycles. The zero-order valence-corrected chi connectivity index (χ0v) is 41.4. The minimum Gasteiger partial charge on any atom is -0.0622 e. The van der Waals surface area contributed by atoms with Crippen molar-refractivity contribution >= 4 is 0 Å². The maximum Gasteiger partial charge on any atom is 0.0713 e. The molecule has 3 aliphatic rings. The SMILES string of the molecule is c1ccc(C2(c3cccc(-c4ccc(C5(c6ccc(-c7cccc(C8(c9ccccc9)c9ccccc9-c9ccccc98)c7)cc6)c6ccccc6-c6ccccc65)cc4)c3)c3ccccc3-c3ccccc32)cc1. The topological polar surface area (TPSA) is 0 Å². The molecule has 0 radical (unpaired) electrons. The van der Waals surface area contributed by atoms with E-state index >= 15 is 0 Å². The molecule has 0 saturated heterocycles. The Morgan fingerprint density at radius 2 is 0.373 bits per heavy atom. The molecule has 3 aliphatic carbocycles. The van der Waals surface area contributed by atoms with Gasteiger partial charge in [0.2, 0.25) is 0 Å². The average Bonchev–Trinajstić information content (AvgIpc) is 4.10. The lowest BCUT2D eigenvalue weighted by atomic mass is 9.66. The van der Waals surface area contributed by atoms with Crippen molar-refractivity contribution in [2.45, 2.75) is 16.2 Å². The Labute approximate surface area is 439 Å². The second-order valence-corrected chi connectivity index (χ2v) is 20.6. The average molecular weight is 951 g/mol. The molecule has 0 aromatic heterocycles. The largest absolute Gasteiger partial charge is 0.0713 e. The lowest BCUT2D eigenvalue weighted by molar-refractivity contribution is 0.767. The van der Waals surface area contributed by atoms with Crippen molar-refractivity contribution in [3.05, 3.63) is 370 Å². The molecule has 0 unspecified atom stereocenters. The zero-order valence-electron chi connectivity index (χ0n) is 41.4. The van der Waals surface area contributed by atoms with E-state index in [-0.39, 0.29) is 0 Å². The molecular weight excluding hydrogens is 901 g/mol. The van der Waals surface area contributed by atoms with Gasteiger partial charge in [-0.15, -0.1) is 0 Å². The summed E-state index contributed by atoms with van der Waals surface area (Å²) in [4.78, 5) is 0. The first kappa shape index (κ1) is 43.2. The van der Waals surface area contributed by atoms with Gasteiger partial charge in [0.15, 0.2) is 0 Å². The van der Waals surface area contributed by atoms with E-state index in [4.69, 9.17) is 0 Å². The van der Waals surface area contributed by atoms with E-state index in [9.17, 15) is 0 Å². The van der Waals surface area contributed by atoms with Gasteiger partial charge < -0.3 is 0 Å². The molecule has 12 aromatic carbocycles. The van der Waals surface area contributed by atoms with Crippen LogP contribution in [-0.2, 0) is 16.2 Å². The van der Waals surface area contributed by atoms with Crippen LogP contribution in [-0.4, -0.2) is 0 Å². The fourth-order valence-electron chi connectivity index (χ4n) is 14.1. The van der Waals surface area contributed by atoms with Crippen LogP contribution in [0.25, 0.3) is 55.6 Å². The van der Waals surface area contributed by atoms with Crippen molar-refractivity contribution in [2.75, 3.05) is 0 Å². The number of hydrogen-bond acceptors (Lipinski definition) is 0. The minimum atomic E-state index is -0.544. The normalized spacial score (nSPS) is 14.5. The van der Waals surface area contributed by atoms with Crippen LogP contribution in [0.1, 0.15) is 66.8 Å². The van der Waals surface area contributed by atoms with Gasteiger partial charge in [0.25, 0.3) is 0 Å². The highest BCUT2D eigenvalue weighted by molar-refractivity contribution is 5.90. The molecule has 0 N–H and O–H groups in total. The fourth-order valence-corrected chi connectivity index (χ4v) is 14.1. The highest BCUT2D eigenvalue weighted by atomic mass is 14.5. The van der Waals surface area contributed by atoms with Gasteiger partial charge in [-0.25, -0.2) is 0 Å². The van der Waals surface area contributed by atoms with Crippen LogP contribution in [0, 0.1) is 0 Å². The molecule has 0 nitrogen and oxygen atoms in total. The number of fused-ring (bicyclic) bond motifs is 9. The van der Waals surface area contributed by atoms with Crippen molar-refractivity contribution in [2.24, 2.45) is 0 Å². The van der Waals surface area contributed by atoms with Gasteiger partial charge in [0, 0.05) is 0 Å². The third-order valence-electron chi connectivity index (χ3n) is 17.2. The van der Waals surface area contributed by atoms with E-state index in [1.54, 1.807) is 0 Å². The standard InChI is InChI=1S/C75H50/c1-3-23-55(24-4-1)74(69-37-15-9-31-63(69)64-32-10-16-38-70(64)74)59-27-19-21-53(49-59)51-41-45-57(46-42-51)73(67-35-13-7-29-61(67)62-30-8-14-36-68(62)73)58-47-43-52(44-48-58)54-22-20-28-60(50-54)75(56-25-5-2-6-26-56)71-39-17-11-33-65(71)66-34-12-18-40-72(66)75/h1-50H. The second kappa shape index (κ2) is 16.9. The molecule has 0 saturated carbocycles. The quantitative estimate of drug-likeness (QED) is 0.142. The summed E-state index contributed by atoms with van der Waals surface area (Å²) in [5.41, 5.74) is 26.6. The Morgan fingerprint density at radius 3 is 0.667 bits per heavy atom. The number of hydrogen-bond donors (Lipinski definition) is 0. The predicted octanol–water partition coefficient (Wildman–Crippen LogP) is 18.1. The minimum absolute atomic E-state index is 0.462. The van der Waals surface area contributed by atoms with Gasteiger partial charge in [0.1, 0.15) is 0 Å². The molecule has 15 rings (SSSR count). The molecule has 350 valence electrons. The summed E-state index contributed by atoms with van der Waals surface area (Å²) in [5.74, 6) is 0. The van der Waals surface area contributed by atoms with Gasteiger partial charge in [-0.05, 0) is 135 Å². The van der Waals surface area contributed by atoms with Gasteiger partial charge in [-0.1, -0.05) is 291 Å². The summed E-state index contributed by atoms with van der Waals surface area (Å²) in [6.07, 6.45) is 0. The van der Waals surface area contributed by atoms with Gasteiger partial charge >= 0.3 is 0 Å².